The second-order valence-corrected chi connectivity index (χ2v) is 5.31. The van der Waals surface area contributed by atoms with E-state index in [-0.39, 0.29) is 24.7 Å². The number of rotatable bonds is 7. The highest BCUT2D eigenvalue weighted by Crippen LogP contribution is 2.31. The Bertz CT molecular complexity index is 512. The number of benzene rings is 1. The molecule has 0 saturated carbocycles. The minimum Gasteiger partial charge on any atom is -0.481 e. The zero-order valence-electron chi connectivity index (χ0n) is 12.7. The lowest BCUT2D eigenvalue weighted by Crippen LogP contribution is -2.37. The molecule has 0 heterocycles. The van der Waals surface area contributed by atoms with Crippen molar-refractivity contribution in [2.24, 2.45) is 5.41 Å². The number of carbonyl (C=O) groups excluding carboxylic acids is 1. The summed E-state index contributed by atoms with van der Waals surface area (Å²) in [7, 11) is 1.56. The summed E-state index contributed by atoms with van der Waals surface area (Å²) in [5.74, 6) is -1.61. The Morgan fingerprint density at radius 3 is 2.29 bits per heavy atom. The van der Waals surface area contributed by atoms with Gasteiger partial charge in [-0.15, -0.1) is 0 Å². The van der Waals surface area contributed by atoms with E-state index in [0.29, 0.717) is 18.4 Å². The molecule has 0 unspecified atom stereocenters. The molecule has 1 rings (SSSR count). The third-order valence-corrected chi connectivity index (χ3v) is 4.09. The highest BCUT2D eigenvalue weighted by atomic mass is 19.1. The van der Waals surface area contributed by atoms with Crippen molar-refractivity contribution in [3.8, 4) is 0 Å². The molecule has 1 aromatic carbocycles. The van der Waals surface area contributed by atoms with Gasteiger partial charge < -0.3 is 10.0 Å². The number of carboxylic acids is 1. The van der Waals surface area contributed by atoms with E-state index in [1.807, 2.05) is 0 Å². The first-order valence-corrected chi connectivity index (χ1v) is 7.07. The lowest BCUT2D eigenvalue weighted by molar-refractivity contribution is -0.154. The van der Waals surface area contributed by atoms with Gasteiger partial charge in [0.15, 0.2) is 0 Å². The number of aliphatic carboxylic acids is 1. The Labute approximate surface area is 124 Å². The third-order valence-electron chi connectivity index (χ3n) is 4.09. The van der Waals surface area contributed by atoms with E-state index in [9.17, 15) is 19.1 Å². The zero-order chi connectivity index (χ0) is 16.0. The van der Waals surface area contributed by atoms with Gasteiger partial charge in [-0.2, -0.15) is 0 Å². The summed E-state index contributed by atoms with van der Waals surface area (Å²) in [6, 6.07) is 6.25. The summed E-state index contributed by atoms with van der Waals surface area (Å²) in [5, 5.41) is 9.36. The highest BCUT2D eigenvalue weighted by molar-refractivity contribution is 5.84. The number of carboxylic acid groups (broad SMARTS) is 1. The van der Waals surface area contributed by atoms with Gasteiger partial charge in [0.05, 0.1) is 5.41 Å². The first-order chi connectivity index (χ1) is 9.86. The van der Waals surface area contributed by atoms with E-state index >= 15 is 0 Å². The van der Waals surface area contributed by atoms with Gasteiger partial charge in [-0.3, -0.25) is 9.59 Å². The van der Waals surface area contributed by atoms with Crippen LogP contribution in [0.15, 0.2) is 24.3 Å². The van der Waals surface area contributed by atoms with E-state index < -0.39 is 11.4 Å². The van der Waals surface area contributed by atoms with E-state index in [0.717, 1.165) is 0 Å². The summed E-state index contributed by atoms with van der Waals surface area (Å²) < 4.78 is 13.6. The third kappa shape index (κ3) is 4.03. The lowest BCUT2D eigenvalue weighted by Gasteiger charge is -2.28. The van der Waals surface area contributed by atoms with Crippen molar-refractivity contribution in [1.82, 2.24) is 4.90 Å². The second kappa shape index (κ2) is 7.20. The summed E-state index contributed by atoms with van der Waals surface area (Å²) in [6.07, 6.45) is 0.705. The molecule has 0 atom stereocenters. The maximum absolute atomic E-state index is 13.6. The molecule has 0 saturated heterocycles. The van der Waals surface area contributed by atoms with Crippen LogP contribution in [-0.2, 0) is 16.1 Å². The van der Waals surface area contributed by atoms with Crippen molar-refractivity contribution in [3.05, 3.63) is 35.6 Å². The fourth-order valence-corrected chi connectivity index (χ4v) is 2.27. The van der Waals surface area contributed by atoms with Crippen molar-refractivity contribution in [3.63, 3.8) is 0 Å². The molecule has 1 amide bonds. The number of halogens is 1. The molecule has 0 aliphatic carbocycles. The van der Waals surface area contributed by atoms with Crippen LogP contribution >= 0.6 is 0 Å². The monoisotopic (exact) mass is 295 g/mol. The molecule has 116 valence electrons. The van der Waals surface area contributed by atoms with Crippen molar-refractivity contribution >= 4 is 11.9 Å². The molecule has 1 aromatic rings. The molecular formula is C16H22FNO3. The molecular weight excluding hydrogens is 273 g/mol. The Balaban J connectivity index is 2.79. The Morgan fingerprint density at radius 1 is 1.24 bits per heavy atom. The number of hydrogen-bond donors (Lipinski definition) is 1. The van der Waals surface area contributed by atoms with Crippen molar-refractivity contribution in [2.45, 2.75) is 39.7 Å². The SMILES string of the molecule is CCC(CC)(CC(=O)N(C)Cc1ccccc1F)C(=O)O. The fraction of sp³-hybridized carbons (Fsp3) is 0.500. The average molecular weight is 295 g/mol. The molecule has 0 spiro atoms. The van der Waals surface area contributed by atoms with Gasteiger partial charge in [0, 0.05) is 25.6 Å². The van der Waals surface area contributed by atoms with Crippen LogP contribution in [0, 0.1) is 11.2 Å². The Hall–Kier alpha value is -1.91. The van der Waals surface area contributed by atoms with E-state index in [1.54, 1.807) is 39.1 Å². The minimum atomic E-state index is -1.04. The number of hydrogen-bond acceptors (Lipinski definition) is 2. The van der Waals surface area contributed by atoms with Crippen LogP contribution in [-0.4, -0.2) is 28.9 Å². The van der Waals surface area contributed by atoms with E-state index in [4.69, 9.17) is 0 Å². The van der Waals surface area contributed by atoms with Crippen LogP contribution in [0.1, 0.15) is 38.7 Å². The molecule has 5 heteroatoms. The predicted molar refractivity (Wildman–Crippen MR) is 78.1 cm³/mol. The average Bonchev–Trinajstić information content (AvgIpc) is 2.46. The Kier molecular flexibility index (Phi) is 5.88. The molecule has 0 aromatic heterocycles. The van der Waals surface area contributed by atoms with Gasteiger partial charge >= 0.3 is 5.97 Å². The number of amides is 1. The van der Waals surface area contributed by atoms with Gasteiger partial charge in [0.2, 0.25) is 5.91 Å². The van der Waals surface area contributed by atoms with Crippen LogP contribution in [0.3, 0.4) is 0 Å². The van der Waals surface area contributed by atoms with Crippen LogP contribution in [0.2, 0.25) is 0 Å². The summed E-state index contributed by atoms with van der Waals surface area (Å²) in [4.78, 5) is 25.0. The Morgan fingerprint density at radius 2 is 1.81 bits per heavy atom. The lowest BCUT2D eigenvalue weighted by atomic mass is 9.79. The first kappa shape index (κ1) is 17.1. The van der Waals surface area contributed by atoms with Gasteiger partial charge in [-0.05, 0) is 18.9 Å². The smallest absolute Gasteiger partial charge is 0.310 e. The molecule has 0 aliphatic heterocycles. The molecule has 0 aliphatic rings. The number of carbonyl (C=O) groups is 2. The largest absolute Gasteiger partial charge is 0.481 e. The molecule has 0 bridgehead atoms. The van der Waals surface area contributed by atoms with Crippen LogP contribution in [0.5, 0.6) is 0 Å². The molecule has 0 radical (unpaired) electrons. The minimum absolute atomic E-state index is 0.0692. The summed E-state index contributed by atoms with van der Waals surface area (Å²) >= 11 is 0. The van der Waals surface area contributed by atoms with Crippen LogP contribution in [0.25, 0.3) is 0 Å². The van der Waals surface area contributed by atoms with Crippen molar-refractivity contribution in [1.29, 1.82) is 0 Å². The number of nitrogens with zero attached hydrogens (tertiary/aromatic N) is 1. The van der Waals surface area contributed by atoms with E-state index in [2.05, 4.69) is 0 Å². The normalized spacial score (nSPS) is 11.2. The molecule has 21 heavy (non-hydrogen) atoms. The molecule has 1 N–H and O–H groups in total. The topological polar surface area (TPSA) is 57.6 Å². The molecule has 4 nitrogen and oxygen atoms in total. The first-order valence-electron chi connectivity index (χ1n) is 7.07. The van der Waals surface area contributed by atoms with Gasteiger partial charge in [-0.1, -0.05) is 32.0 Å². The zero-order valence-corrected chi connectivity index (χ0v) is 12.7. The second-order valence-electron chi connectivity index (χ2n) is 5.31. The van der Waals surface area contributed by atoms with Crippen molar-refractivity contribution < 1.29 is 19.1 Å². The standard InChI is InChI=1S/C16H22FNO3/c1-4-16(5-2,15(20)21)10-14(19)18(3)11-12-8-6-7-9-13(12)17/h6-9H,4-5,10-11H2,1-3H3,(H,20,21). The summed E-state index contributed by atoms with van der Waals surface area (Å²) in [5.41, 5.74) is -0.622. The predicted octanol–water partition coefficient (Wildman–Crippen LogP) is 3.07. The summed E-state index contributed by atoms with van der Waals surface area (Å²) in [6.45, 7) is 3.66. The van der Waals surface area contributed by atoms with Gasteiger partial charge in [0.1, 0.15) is 5.82 Å². The van der Waals surface area contributed by atoms with E-state index in [1.165, 1.54) is 11.0 Å². The fourth-order valence-electron chi connectivity index (χ4n) is 2.27. The van der Waals surface area contributed by atoms with Gasteiger partial charge in [0.25, 0.3) is 0 Å². The quantitative estimate of drug-likeness (QED) is 0.841. The highest BCUT2D eigenvalue weighted by Gasteiger charge is 2.37. The van der Waals surface area contributed by atoms with Crippen LogP contribution in [0.4, 0.5) is 4.39 Å². The van der Waals surface area contributed by atoms with Crippen molar-refractivity contribution in [2.75, 3.05) is 7.05 Å². The maximum atomic E-state index is 13.6. The van der Waals surface area contributed by atoms with Gasteiger partial charge in [-0.25, -0.2) is 4.39 Å². The molecule has 0 fully saturated rings. The maximum Gasteiger partial charge on any atom is 0.310 e. The van der Waals surface area contributed by atoms with Crippen LogP contribution < -0.4 is 0 Å².